The molecule has 1 aliphatic carbocycles. The van der Waals surface area contributed by atoms with E-state index in [1.165, 1.54) is 34.6 Å². The Morgan fingerprint density at radius 1 is 1.43 bits per heavy atom. The minimum absolute atomic E-state index is 0.279. The number of aryl methyl sites for hydroxylation is 2. The van der Waals surface area contributed by atoms with E-state index in [4.69, 9.17) is 4.74 Å². The molecule has 1 heterocycles. The predicted octanol–water partition coefficient (Wildman–Crippen LogP) is 2.24. The Morgan fingerprint density at radius 2 is 2.19 bits per heavy atom. The molecule has 0 bridgehead atoms. The first kappa shape index (κ1) is 16.0. The van der Waals surface area contributed by atoms with Gasteiger partial charge in [-0.05, 0) is 50.2 Å². The van der Waals surface area contributed by atoms with Gasteiger partial charge in [0.15, 0.2) is 0 Å². The van der Waals surface area contributed by atoms with E-state index in [-0.39, 0.29) is 5.91 Å². The van der Waals surface area contributed by atoms with E-state index in [9.17, 15) is 14.7 Å². The highest BCUT2D eigenvalue weighted by Crippen LogP contribution is 2.29. The maximum Gasteiger partial charge on any atom is 0.326 e. The maximum absolute atomic E-state index is 12.2. The number of carboxylic acids is 1. The Kier molecular flexibility index (Phi) is 5.76. The van der Waals surface area contributed by atoms with Crippen molar-refractivity contribution in [3.05, 3.63) is 21.4 Å². The number of rotatable bonds is 7. The highest BCUT2D eigenvalue weighted by atomic mass is 32.1. The molecule has 6 heteroatoms. The van der Waals surface area contributed by atoms with E-state index in [1.54, 1.807) is 7.11 Å². The zero-order chi connectivity index (χ0) is 15.2. The third-order valence-electron chi connectivity index (χ3n) is 3.67. The average molecular weight is 311 g/mol. The Morgan fingerprint density at radius 3 is 2.86 bits per heavy atom. The number of carboxylic acid groups (broad SMARTS) is 1. The third-order valence-corrected chi connectivity index (χ3v) is 4.90. The highest BCUT2D eigenvalue weighted by molar-refractivity contribution is 7.14. The summed E-state index contributed by atoms with van der Waals surface area (Å²) in [4.78, 5) is 25.3. The molecule has 0 aliphatic heterocycles. The lowest BCUT2D eigenvalue weighted by Crippen LogP contribution is -2.40. The van der Waals surface area contributed by atoms with Crippen molar-refractivity contribution < 1.29 is 19.4 Å². The fourth-order valence-corrected chi connectivity index (χ4v) is 3.68. The minimum Gasteiger partial charge on any atom is -0.480 e. The second-order valence-electron chi connectivity index (χ2n) is 5.27. The van der Waals surface area contributed by atoms with Gasteiger partial charge in [0, 0.05) is 18.6 Å². The number of fused-ring (bicyclic) bond motifs is 1. The molecule has 1 aliphatic rings. The fraction of sp³-hybridized carbons (Fsp3) is 0.600. The van der Waals surface area contributed by atoms with E-state index in [1.807, 2.05) is 6.07 Å². The summed E-state index contributed by atoms with van der Waals surface area (Å²) in [6.07, 6.45) is 5.37. The Bertz CT molecular complexity index is 488. The molecule has 1 aromatic heterocycles. The summed E-state index contributed by atoms with van der Waals surface area (Å²) in [5.41, 5.74) is 1.25. The summed E-state index contributed by atoms with van der Waals surface area (Å²) in [6, 6.07) is 1.06. The molecule has 116 valence electrons. The number of nitrogens with one attached hydrogen (secondary N) is 1. The molecule has 5 nitrogen and oxygen atoms in total. The molecular weight excluding hydrogens is 290 g/mol. The number of ether oxygens (including phenoxy) is 1. The van der Waals surface area contributed by atoms with Crippen LogP contribution in [0.15, 0.2) is 6.07 Å². The van der Waals surface area contributed by atoms with E-state index in [0.29, 0.717) is 24.3 Å². The van der Waals surface area contributed by atoms with Gasteiger partial charge >= 0.3 is 5.97 Å². The van der Waals surface area contributed by atoms with Crippen molar-refractivity contribution in [2.45, 2.75) is 44.6 Å². The fourth-order valence-electron chi connectivity index (χ4n) is 2.52. The molecule has 1 aromatic rings. The molecule has 0 fully saturated rings. The summed E-state index contributed by atoms with van der Waals surface area (Å²) < 4.78 is 4.91. The first-order valence-electron chi connectivity index (χ1n) is 7.26. The van der Waals surface area contributed by atoms with Crippen LogP contribution in [0.1, 0.15) is 45.8 Å². The lowest BCUT2D eigenvalue weighted by molar-refractivity contribution is -0.139. The van der Waals surface area contributed by atoms with Crippen LogP contribution in [-0.2, 0) is 22.4 Å². The molecule has 1 unspecified atom stereocenters. The molecule has 1 atom stereocenters. The van der Waals surface area contributed by atoms with Gasteiger partial charge in [-0.2, -0.15) is 0 Å². The zero-order valence-electron chi connectivity index (χ0n) is 12.2. The summed E-state index contributed by atoms with van der Waals surface area (Å²) in [6.45, 7) is 0.493. The normalized spacial score (nSPS) is 15.3. The van der Waals surface area contributed by atoms with Crippen LogP contribution < -0.4 is 5.32 Å². The molecular formula is C15H21NO4S. The minimum atomic E-state index is -0.999. The number of hydrogen-bond donors (Lipinski definition) is 2. The molecule has 0 radical (unpaired) electrons. The quantitative estimate of drug-likeness (QED) is 0.757. The van der Waals surface area contributed by atoms with E-state index < -0.39 is 12.0 Å². The summed E-state index contributed by atoms with van der Waals surface area (Å²) in [7, 11) is 1.57. The van der Waals surface area contributed by atoms with Gasteiger partial charge in [-0.15, -0.1) is 11.3 Å². The summed E-state index contributed by atoms with van der Waals surface area (Å²) in [5, 5.41) is 11.8. The first-order valence-corrected chi connectivity index (χ1v) is 8.07. The zero-order valence-corrected chi connectivity index (χ0v) is 13.0. The van der Waals surface area contributed by atoms with Crippen LogP contribution in [0.25, 0.3) is 0 Å². The van der Waals surface area contributed by atoms with Gasteiger partial charge in [-0.25, -0.2) is 4.79 Å². The van der Waals surface area contributed by atoms with Gasteiger partial charge in [-0.1, -0.05) is 0 Å². The number of carbonyl (C=O) groups excluding carboxylic acids is 1. The first-order chi connectivity index (χ1) is 10.1. The molecule has 0 saturated carbocycles. The topological polar surface area (TPSA) is 75.6 Å². The molecule has 0 aromatic carbocycles. The van der Waals surface area contributed by atoms with Crippen LogP contribution in [0, 0.1) is 0 Å². The van der Waals surface area contributed by atoms with Crippen molar-refractivity contribution in [2.75, 3.05) is 13.7 Å². The number of thiophene rings is 1. The van der Waals surface area contributed by atoms with Crippen LogP contribution in [-0.4, -0.2) is 36.7 Å². The van der Waals surface area contributed by atoms with Crippen LogP contribution in [0.3, 0.4) is 0 Å². The van der Waals surface area contributed by atoms with Crippen molar-refractivity contribution in [3.8, 4) is 0 Å². The van der Waals surface area contributed by atoms with E-state index in [2.05, 4.69) is 5.32 Å². The number of carbonyl (C=O) groups is 2. The third kappa shape index (κ3) is 4.28. The molecule has 0 spiro atoms. The number of hydrogen-bond acceptors (Lipinski definition) is 4. The van der Waals surface area contributed by atoms with E-state index in [0.717, 1.165) is 12.8 Å². The number of methoxy groups -OCH3 is 1. The molecule has 0 saturated heterocycles. The lowest BCUT2D eigenvalue weighted by Gasteiger charge is -2.13. The molecule has 21 heavy (non-hydrogen) atoms. The summed E-state index contributed by atoms with van der Waals surface area (Å²) in [5.74, 6) is -1.28. The molecule has 2 rings (SSSR count). The number of amides is 1. The van der Waals surface area contributed by atoms with Gasteiger partial charge in [-0.3, -0.25) is 4.79 Å². The summed E-state index contributed by atoms with van der Waals surface area (Å²) >= 11 is 1.50. The van der Waals surface area contributed by atoms with Crippen molar-refractivity contribution in [3.63, 3.8) is 0 Å². The van der Waals surface area contributed by atoms with Crippen molar-refractivity contribution in [1.82, 2.24) is 5.32 Å². The van der Waals surface area contributed by atoms with Gasteiger partial charge < -0.3 is 15.2 Å². The second kappa shape index (κ2) is 7.56. The van der Waals surface area contributed by atoms with Crippen LogP contribution in [0.5, 0.6) is 0 Å². The average Bonchev–Trinajstić information content (AvgIpc) is 2.90. The van der Waals surface area contributed by atoms with Gasteiger partial charge in [0.1, 0.15) is 6.04 Å². The SMILES string of the molecule is COCCCC(NC(=O)c1cc2c(s1)CCCC2)C(=O)O. The van der Waals surface area contributed by atoms with Gasteiger partial charge in [0.05, 0.1) is 4.88 Å². The van der Waals surface area contributed by atoms with Crippen molar-refractivity contribution >= 4 is 23.2 Å². The molecule has 1 amide bonds. The van der Waals surface area contributed by atoms with Gasteiger partial charge in [0.25, 0.3) is 5.91 Å². The number of aliphatic carboxylic acids is 1. The van der Waals surface area contributed by atoms with Crippen molar-refractivity contribution in [1.29, 1.82) is 0 Å². The Hall–Kier alpha value is -1.40. The van der Waals surface area contributed by atoms with Gasteiger partial charge in [0.2, 0.25) is 0 Å². The maximum atomic E-state index is 12.2. The Balaban J connectivity index is 1.97. The van der Waals surface area contributed by atoms with Crippen LogP contribution >= 0.6 is 11.3 Å². The lowest BCUT2D eigenvalue weighted by atomic mass is 9.99. The largest absolute Gasteiger partial charge is 0.480 e. The van der Waals surface area contributed by atoms with Crippen LogP contribution in [0.2, 0.25) is 0 Å². The Labute approximate surface area is 128 Å². The predicted molar refractivity (Wildman–Crippen MR) is 81.0 cm³/mol. The smallest absolute Gasteiger partial charge is 0.326 e. The second-order valence-corrected chi connectivity index (χ2v) is 6.40. The molecule has 2 N–H and O–H groups in total. The highest BCUT2D eigenvalue weighted by Gasteiger charge is 2.23. The van der Waals surface area contributed by atoms with E-state index >= 15 is 0 Å². The van der Waals surface area contributed by atoms with Crippen molar-refractivity contribution in [2.24, 2.45) is 0 Å². The van der Waals surface area contributed by atoms with Crippen LogP contribution in [0.4, 0.5) is 0 Å². The monoisotopic (exact) mass is 311 g/mol. The standard InChI is InChI=1S/C15H21NO4S/c1-20-8-4-6-11(15(18)19)16-14(17)13-9-10-5-2-3-7-12(10)21-13/h9,11H,2-8H2,1H3,(H,16,17)(H,18,19).